The van der Waals surface area contributed by atoms with Crippen LogP contribution in [-0.4, -0.2) is 14.6 Å². The van der Waals surface area contributed by atoms with Crippen molar-refractivity contribution < 1.29 is 0 Å². The molecule has 0 fully saturated rings. The van der Waals surface area contributed by atoms with Crippen molar-refractivity contribution in [1.82, 2.24) is 14.6 Å². The number of hydrogen-bond donors (Lipinski definition) is 2. The molecular formula is C13H19N5. The van der Waals surface area contributed by atoms with Crippen LogP contribution >= 0.6 is 0 Å². The van der Waals surface area contributed by atoms with E-state index in [4.69, 9.17) is 10.8 Å². The van der Waals surface area contributed by atoms with E-state index in [0.29, 0.717) is 5.92 Å². The molecule has 0 atom stereocenters. The van der Waals surface area contributed by atoms with E-state index in [2.05, 4.69) is 30.4 Å². The van der Waals surface area contributed by atoms with Crippen LogP contribution < -0.4 is 11.3 Å². The van der Waals surface area contributed by atoms with Crippen molar-refractivity contribution >= 4 is 11.5 Å². The highest BCUT2D eigenvalue weighted by atomic mass is 15.4. The average Bonchev–Trinajstić information content (AvgIpc) is 2.79. The van der Waals surface area contributed by atoms with E-state index in [1.807, 2.05) is 4.52 Å². The van der Waals surface area contributed by atoms with E-state index < -0.39 is 0 Å². The molecule has 0 amide bonds. The lowest BCUT2D eigenvalue weighted by Crippen LogP contribution is -2.18. The molecule has 5 nitrogen and oxygen atoms in total. The minimum atomic E-state index is 0.398. The third-order valence-corrected chi connectivity index (χ3v) is 3.62. The molecule has 1 aliphatic rings. The summed E-state index contributed by atoms with van der Waals surface area (Å²) in [6.07, 6.45) is 4.50. The molecule has 0 aromatic carbocycles. The molecule has 2 aromatic heterocycles. The maximum absolute atomic E-state index is 5.69. The van der Waals surface area contributed by atoms with E-state index in [1.165, 1.54) is 24.1 Å². The highest BCUT2D eigenvalue weighted by molar-refractivity contribution is 5.56. The van der Waals surface area contributed by atoms with Crippen LogP contribution in [0.1, 0.15) is 49.6 Å². The molecule has 0 saturated heterocycles. The van der Waals surface area contributed by atoms with Gasteiger partial charge in [-0.25, -0.2) is 10.8 Å². The van der Waals surface area contributed by atoms with Crippen LogP contribution in [0.4, 0.5) is 5.82 Å². The normalized spacial score (nSPS) is 15.1. The molecule has 0 unspecified atom stereocenters. The molecule has 0 saturated carbocycles. The van der Waals surface area contributed by atoms with Crippen molar-refractivity contribution in [2.75, 3.05) is 5.43 Å². The van der Waals surface area contributed by atoms with Crippen molar-refractivity contribution in [2.45, 2.75) is 45.4 Å². The van der Waals surface area contributed by atoms with Gasteiger partial charge in [0.15, 0.2) is 5.65 Å². The van der Waals surface area contributed by atoms with E-state index in [0.717, 1.165) is 30.0 Å². The number of fused-ring (bicyclic) bond motifs is 2. The first kappa shape index (κ1) is 11.5. The Kier molecular flexibility index (Phi) is 2.70. The fraction of sp³-hybridized carbons (Fsp3) is 0.538. The van der Waals surface area contributed by atoms with Crippen LogP contribution in [-0.2, 0) is 12.8 Å². The molecule has 2 aromatic rings. The summed E-state index contributed by atoms with van der Waals surface area (Å²) in [5.41, 5.74) is 7.17. The largest absolute Gasteiger partial charge is 0.308 e. The van der Waals surface area contributed by atoms with Gasteiger partial charge < -0.3 is 5.43 Å². The molecule has 0 aliphatic heterocycles. The predicted molar refractivity (Wildman–Crippen MR) is 71.5 cm³/mol. The van der Waals surface area contributed by atoms with Gasteiger partial charge in [-0.1, -0.05) is 13.8 Å². The highest BCUT2D eigenvalue weighted by Crippen LogP contribution is 2.28. The van der Waals surface area contributed by atoms with Crippen LogP contribution in [0, 0.1) is 0 Å². The smallest absolute Gasteiger partial charge is 0.157 e. The number of nitrogens with one attached hydrogen (secondary N) is 1. The summed E-state index contributed by atoms with van der Waals surface area (Å²) in [5.74, 6) is 6.99. The van der Waals surface area contributed by atoms with Gasteiger partial charge in [0, 0.05) is 17.3 Å². The molecule has 0 spiro atoms. The van der Waals surface area contributed by atoms with Crippen molar-refractivity contribution in [2.24, 2.45) is 5.84 Å². The van der Waals surface area contributed by atoms with Crippen LogP contribution in [0.2, 0.25) is 0 Å². The van der Waals surface area contributed by atoms with E-state index in [-0.39, 0.29) is 0 Å². The standard InChI is InChI=1S/C13H19N5/c1-8(2)11-7-12-15-10-6-4-3-5-9(10)13(16-14)18(12)17-11/h7-8,16H,3-6,14H2,1-2H3. The monoisotopic (exact) mass is 245 g/mol. The Labute approximate surface area is 106 Å². The number of aryl methyl sites for hydroxylation is 1. The van der Waals surface area contributed by atoms with Crippen molar-refractivity contribution in [3.63, 3.8) is 0 Å². The first-order valence-electron chi connectivity index (χ1n) is 6.58. The Morgan fingerprint density at radius 3 is 2.83 bits per heavy atom. The lowest BCUT2D eigenvalue weighted by Gasteiger charge is -2.18. The first-order chi connectivity index (χ1) is 8.70. The number of hydrazine groups is 1. The van der Waals surface area contributed by atoms with Gasteiger partial charge in [-0.05, 0) is 31.6 Å². The summed E-state index contributed by atoms with van der Waals surface area (Å²) >= 11 is 0. The van der Waals surface area contributed by atoms with Gasteiger partial charge in [-0.15, -0.1) is 0 Å². The summed E-state index contributed by atoms with van der Waals surface area (Å²) in [6.45, 7) is 4.27. The zero-order valence-electron chi connectivity index (χ0n) is 10.9. The summed E-state index contributed by atoms with van der Waals surface area (Å²) in [4.78, 5) is 4.73. The van der Waals surface area contributed by atoms with E-state index >= 15 is 0 Å². The quantitative estimate of drug-likeness (QED) is 0.627. The van der Waals surface area contributed by atoms with Gasteiger partial charge in [0.1, 0.15) is 5.82 Å². The number of rotatable bonds is 2. The Balaban J connectivity index is 2.26. The maximum Gasteiger partial charge on any atom is 0.157 e. The van der Waals surface area contributed by atoms with Crippen LogP contribution in [0.3, 0.4) is 0 Å². The summed E-state index contributed by atoms with van der Waals surface area (Å²) in [5, 5.41) is 4.60. The van der Waals surface area contributed by atoms with Gasteiger partial charge in [0.25, 0.3) is 0 Å². The zero-order valence-corrected chi connectivity index (χ0v) is 10.9. The van der Waals surface area contributed by atoms with Gasteiger partial charge >= 0.3 is 0 Å². The number of nitrogens with zero attached hydrogens (tertiary/aromatic N) is 3. The van der Waals surface area contributed by atoms with Crippen LogP contribution in [0.5, 0.6) is 0 Å². The second-order valence-electron chi connectivity index (χ2n) is 5.23. The van der Waals surface area contributed by atoms with Gasteiger partial charge in [0.05, 0.1) is 5.69 Å². The number of nitrogen functional groups attached to an aromatic ring is 1. The molecule has 2 heterocycles. The minimum absolute atomic E-state index is 0.398. The van der Waals surface area contributed by atoms with Crippen LogP contribution in [0.15, 0.2) is 6.07 Å². The SMILES string of the molecule is CC(C)c1cc2nc3c(c(NN)n2n1)CCCC3. The lowest BCUT2D eigenvalue weighted by molar-refractivity contribution is 0.660. The van der Waals surface area contributed by atoms with Gasteiger partial charge in [-0.3, -0.25) is 0 Å². The Bertz CT molecular complexity index is 585. The van der Waals surface area contributed by atoms with Crippen molar-refractivity contribution in [1.29, 1.82) is 0 Å². The Morgan fingerprint density at radius 2 is 2.11 bits per heavy atom. The average molecular weight is 245 g/mol. The van der Waals surface area contributed by atoms with Crippen molar-refractivity contribution in [3.05, 3.63) is 23.0 Å². The molecule has 18 heavy (non-hydrogen) atoms. The maximum atomic E-state index is 5.69. The first-order valence-corrected chi connectivity index (χ1v) is 6.58. The van der Waals surface area contributed by atoms with E-state index in [9.17, 15) is 0 Å². The predicted octanol–water partition coefficient (Wildman–Crippen LogP) is 2.02. The topological polar surface area (TPSA) is 68.2 Å². The number of anilines is 1. The molecule has 1 aliphatic carbocycles. The second-order valence-corrected chi connectivity index (χ2v) is 5.23. The Hall–Kier alpha value is -1.62. The lowest BCUT2D eigenvalue weighted by atomic mass is 9.96. The van der Waals surface area contributed by atoms with Gasteiger partial charge in [0.2, 0.25) is 0 Å². The minimum Gasteiger partial charge on any atom is -0.308 e. The highest BCUT2D eigenvalue weighted by Gasteiger charge is 2.19. The van der Waals surface area contributed by atoms with Gasteiger partial charge in [-0.2, -0.15) is 9.61 Å². The van der Waals surface area contributed by atoms with Crippen molar-refractivity contribution in [3.8, 4) is 0 Å². The Morgan fingerprint density at radius 1 is 1.33 bits per heavy atom. The molecule has 3 N–H and O–H groups in total. The molecule has 3 rings (SSSR count). The number of nitrogens with two attached hydrogens (primary N) is 1. The fourth-order valence-electron chi connectivity index (χ4n) is 2.60. The number of aromatic nitrogens is 3. The number of hydrogen-bond acceptors (Lipinski definition) is 4. The third-order valence-electron chi connectivity index (χ3n) is 3.62. The van der Waals surface area contributed by atoms with E-state index in [1.54, 1.807) is 0 Å². The summed E-state index contributed by atoms with van der Waals surface area (Å²) in [6, 6.07) is 2.06. The molecular weight excluding hydrogens is 226 g/mol. The molecule has 0 bridgehead atoms. The summed E-state index contributed by atoms with van der Waals surface area (Å²) < 4.78 is 1.85. The molecule has 0 radical (unpaired) electrons. The second kappa shape index (κ2) is 4.24. The third kappa shape index (κ3) is 1.66. The molecule has 96 valence electrons. The van der Waals surface area contributed by atoms with Crippen LogP contribution in [0.25, 0.3) is 5.65 Å². The fourth-order valence-corrected chi connectivity index (χ4v) is 2.60. The molecule has 5 heteroatoms. The zero-order chi connectivity index (χ0) is 12.7. The summed E-state index contributed by atoms with van der Waals surface area (Å²) in [7, 11) is 0.